The Balaban J connectivity index is 2.30. The van der Waals surface area contributed by atoms with Crippen molar-refractivity contribution in [3.63, 3.8) is 0 Å². The molecule has 28 heavy (non-hydrogen) atoms. The molecule has 0 aliphatic rings. The molecular formula is C20H25ClN2O4S. The van der Waals surface area contributed by atoms with Crippen LogP contribution < -0.4 is 5.32 Å². The molecule has 2 N–H and O–H groups in total. The fourth-order valence-electron chi connectivity index (χ4n) is 2.78. The van der Waals surface area contributed by atoms with Crippen LogP contribution in [-0.4, -0.2) is 54.2 Å². The van der Waals surface area contributed by atoms with Crippen molar-refractivity contribution in [1.82, 2.24) is 4.90 Å². The van der Waals surface area contributed by atoms with Gasteiger partial charge in [0, 0.05) is 34.1 Å². The Hall–Kier alpha value is -1.93. The molecule has 2 rings (SSSR count). The standard InChI is InChI=1S/C20H25ClN2O4S/c1-12(2)23(9-13(3)24)10-17(25)22-19-18(20(26)27-4)15(11-28-19)14-7-5-6-8-16(14)21/h5-8,11-13,24H,9-10H2,1-4H3,(H,22,25). The molecule has 2 aromatic rings. The van der Waals surface area contributed by atoms with Crippen molar-refractivity contribution in [2.45, 2.75) is 32.9 Å². The van der Waals surface area contributed by atoms with Crippen LogP contribution in [0.2, 0.25) is 5.02 Å². The van der Waals surface area contributed by atoms with Gasteiger partial charge in [-0.25, -0.2) is 4.79 Å². The van der Waals surface area contributed by atoms with Gasteiger partial charge in [0.05, 0.1) is 19.8 Å². The zero-order chi connectivity index (χ0) is 20.8. The summed E-state index contributed by atoms with van der Waals surface area (Å²) in [7, 11) is 1.30. The predicted octanol–water partition coefficient (Wildman–Crippen LogP) is 3.88. The second-order valence-corrected chi connectivity index (χ2v) is 8.03. The molecule has 0 aliphatic heterocycles. The van der Waals surface area contributed by atoms with Gasteiger partial charge in [0.15, 0.2) is 0 Å². The minimum atomic E-state index is -0.547. The molecule has 0 fully saturated rings. The van der Waals surface area contributed by atoms with E-state index in [1.54, 1.807) is 24.4 Å². The number of halogens is 1. The number of hydrogen-bond acceptors (Lipinski definition) is 6. The van der Waals surface area contributed by atoms with Crippen molar-refractivity contribution in [3.8, 4) is 11.1 Å². The molecular weight excluding hydrogens is 400 g/mol. The van der Waals surface area contributed by atoms with Crippen LogP contribution in [0.25, 0.3) is 11.1 Å². The van der Waals surface area contributed by atoms with Gasteiger partial charge in [-0.2, -0.15) is 0 Å². The lowest BCUT2D eigenvalue weighted by molar-refractivity contribution is -0.118. The number of nitrogens with zero attached hydrogens (tertiary/aromatic N) is 1. The van der Waals surface area contributed by atoms with Gasteiger partial charge in [-0.1, -0.05) is 29.8 Å². The average Bonchev–Trinajstić information content (AvgIpc) is 3.03. The number of thiophene rings is 1. The molecule has 1 unspecified atom stereocenters. The van der Waals surface area contributed by atoms with Gasteiger partial charge in [-0.05, 0) is 26.8 Å². The minimum absolute atomic E-state index is 0.0856. The van der Waals surface area contributed by atoms with Gasteiger partial charge in [-0.15, -0.1) is 11.3 Å². The molecule has 0 radical (unpaired) electrons. The first kappa shape index (κ1) is 22.4. The lowest BCUT2D eigenvalue weighted by Gasteiger charge is -2.26. The van der Waals surface area contributed by atoms with Crippen LogP contribution in [0.3, 0.4) is 0 Å². The Morgan fingerprint density at radius 3 is 2.50 bits per heavy atom. The highest BCUT2D eigenvalue weighted by Gasteiger charge is 2.24. The summed E-state index contributed by atoms with van der Waals surface area (Å²) in [6.07, 6.45) is -0.547. The monoisotopic (exact) mass is 424 g/mol. The maximum atomic E-state index is 12.6. The zero-order valence-electron chi connectivity index (χ0n) is 16.4. The van der Waals surface area contributed by atoms with E-state index in [1.807, 2.05) is 30.9 Å². The SMILES string of the molecule is COC(=O)c1c(-c2ccccc2Cl)csc1NC(=O)CN(CC(C)O)C(C)C. The van der Waals surface area contributed by atoms with E-state index >= 15 is 0 Å². The van der Waals surface area contributed by atoms with Crippen molar-refractivity contribution in [1.29, 1.82) is 0 Å². The summed E-state index contributed by atoms with van der Waals surface area (Å²) >= 11 is 7.52. The third kappa shape index (κ3) is 5.54. The van der Waals surface area contributed by atoms with E-state index in [4.69, 9.17) is 16.3 Å². The number of carbonyl (C=O) groups excluding carboxylic acids is 2. The van der Waals surface area contributed by atoms with Crippen molar-refractivity contribution < 1.29 is 19.4 Å². The van der Waals surface area contributed by atoms with E-state index in [1.165, 1.54) is 18.4 Å². The summed E-state index contributed by atoms with van der Waals surface area (Å²) in [5.74, 6) is -0.816. The van der Waals surface area contributed by atoms with Crippen molar-refractivity contribution >= 4 is 39.8 Å². The first-order valence-corrected chi connectivity index (χ1v) is 10.2. The molecule has 1 amide bonds. The van der Waals surface area contributed by atoms with Crippen LogP contribution >= 0.6 is 22.9 Å². The Bertz CT molecular complexity index is 835. The van der Waals surface area contributed by atoms with Crippen molar-refractivity contribution in [2.75, 3.05) is 25.5 Å². The summed E-state index contributed by atoms with van der Waals surface area (Å²) in [5, 5.41) is 15.1. The summed E-state index contributed by atoms with van der Waals surface area (Å²) in [6.45, 7) is 6.07. The molecule has 0 aliphatic carbocycles. The van der Waals surface area contributed by atoms with Gasteiger partial charge in [0.2, 0.25) is 5.91 Å². The van der Waals surface area contributed by atoms with E-state index in [9.17, 15) is 14.7 Å². The number of aliphatic hydroxyl groups is 1. The van der Waals surface area contributed by atoms with E-state index in [0.717, 1.165) is 0 Å². The summed E-state index contributed by atoms with van der Waals surface area (Å²) < 4.78 is 4.92. The molecule has 0 spiro atoms. The highest BCUT2D eigenvalue weighted by atomic mass is 35.5. The van der Waals surface area contributed by atoms with E-state index in [2.05, 4.69) is 5.32 Å². The first-order valence-electron chi connectivity index (χ1n) is 8.91. The number of nitrogens with one attached hydrogen (secondary N) is 1. The lowest BCUT2D eigenvalue weighted by atomic mass is 10.0. The number of hydrogen-bond donors (Lipinski definition) is 2. The fourth-order valence-corrected chi connectivity index (χ4v) is 3.98. The molecule has 1 aromatic carbocycles. The van der Waals surface area contributed by atoms with E-state index in [0.29, 0.717) is 27.7 Å². The second-order valence-electron chi connectivity index (χ2n) is 6.75. The Morgan fingerprint density at radius 2 is 1.93 bits per heavy atom. The number of benzene rings is 1. The van der Waals surface area contributed by atoms with Gasteiger partial charge in [-0.3, -0.25) is 9.69 Å². The highest BCUT2D eigenvalue weighted by molar-refractivity contribution is 7.15. The van der Waals surface area contributed by atoms with Crippen LogP contribution in [0.1, 0.15) is 31.1 Å². The van der Waals surface area contributed by atoms with Crippen LogP contribution in [0, 0.1) is 0 Å². The van der Waals surface area contributed by atoms with Gasteiger partial charge in [0.1, 0.15) is 10.6 Å². The molecule has 152 valence electrons. The van der Waals surface area contributed by atoms with E-state index in [-0.39, 0.29) is 24.1 Å². The van der Waals surface area contributed by atoms with Crippen LogP contribution in [0.15, 0.2) is 29.6 Å². The molecule has 0 saturated carbocycles. The largest absolute Gasteiger partial charge is 0.465 e. The number of esters is 1. The fraction of sp³-hybridized carbons (Fsp3) is 0.400. The number of amides is 1. The van der Waals surface area contributed by atoms with Gasteiger partial charge in [0.25, 0.3) is 0 Å². The van der Waals surface area contributed by atoms with Crippen LogP contribution in [-0.2, 0) is 9.53 Å². The third-order valence-electron chi connectivity index (χ3n) is 4.17. The second kappa shape index (κ2) is 10.0. The predicted molar refractivity (Wildman–Crippen MR) is 113 cm³/mol. The highest BCUT2D eigenvalue weighted by Crippen LogP contribution is 2.39. The van der Waals surface area contributed by atoms with Gasteiger partial charge >= 0.3 is 5.97 Å². The molecule has 0 bridgehead atoms. The van der Waals surface area contributed by atoms with Crippen molar-refractivity contribution in [3.05, 3.63) is 40.2 Å². The maximum absolute atomic E-state index is 12.6. The maximum Gasteiger partial charge on any atom is 0.341 e. The smallest absolute Gasteiger partial charge is 0.341 e. The quantitative estimate of drug-likeness (QED) is 0.628. The Labute approximate surface area is 174 Å². The number of carbonyl (C=O) groups is 2. The molecule has 1 aromatic heterocycles. The molecule has 8 heteroatoms. The normalized spacial score (nSPS) is 12.3. The summed E-state index contributed by atoms with van der Waals surface area (Å²) in [6, 6.07) is 7.27. The Morgan fingerprint density at radius 1 is 1.25 bits per heavy atom. The molecule has 1 atom stereocenters. The van der Waals surface area contributed by atoms with Crippen LogP contribution in [0.5, 0.6) is 0 Å². The lowest BCUT2D eigenvalue weighted by Crippen LogP contribution is -2.41. The number of anilines is 1. The minimum Gasteiger partial charge on any atom is -0.465 e. The summed E-state index contributed by atoms with van der Waals surface area (Å²) in [5.41, 5.74) is 1.59. The summed E-state index contributed by atoms with van der Waals surface area (Å²) in [4.78, 5) is 26.8. The third-order valence-corrected chi connectivity index (χ3v) is 5.40. The topological polar surface area (TPSA) is 78.9 Å². The van der Waals surface area contributed by atoms with E-state index < -0.39 is 12.1 Å². The van der Waals surface area contributed by atoms with Gasteiger partial charge < -0.3 is 15.2 Å². The number of rotatable bonds is 8. The number of ether oxygens (including phenoxy) is 1. The Kier molecular flexibility index (Phi) is 8.00. The average molecular weight is 425 g/mol. The molecule has 1 heterocycles. The number of methoxy groups -OCH3 is 1. The molecule has 0 saturated heterocycles. The zero-order valence-corrected chi connectivity index (χ0v) is 17.9. The number of aliphatic hydroxyl groups excluding tert-OH is 1. The first-order chi connectivity index (χ1) is 13.2. The van der Waals surface area contributed by atoms with Crippen molar-refractivity contribution in [2.24, 2.45) is 0 Å². The van der Waals surface area contributed by atoms with Crippen LogP contribution in [0.4, 0.5) is 5.00 Å². The molecule has 6 nitrogen and oxygen atoms in total.